The number of phenols is 1. The Bertz CT molecular complexity index is 1570. The molecule has 7 nitrogen and oxygen atoms in total. The van der Waals surface area contributed by atoms with Gasteiger partial charge in [0.1, 0.15) is 0 Å². The zero-order valence-electron chi connectivity index (χ0n) is 24.6. The molecule has 46 heavy (non-hydrogen) atoms. The first-order chi connectivity index (χ1) is 21.5. The number of allylic oxidation sites excluding steroid dienone is 1. The van der Waals surface area contributed by atoms with Crippen molar-refractivity contribution in [1.82, 2.24) is 0 Å². The number of benzene rings is 2. The van der Waals surface area contributed by atoms with Crippen molar-refractivity contribution in [2.45, 2.75) is 51.0 Å². The van der Waals surface area contributed by atoms with E-state index in [2.05, 4.69) is 0 Å². The van der Waals surface area contributed by atoms with E-state index in [0.717, 1.165) is 11.6 Å². The Balaban J connectivity index is 1.47. The predicted molar refractivity (Wildman–Crippen MR) is 152 cm³/mol. The van der Waals surface area contributed by atoms with Crippen LogP contribution in [0.5, 0.6) is 5.75 Å². The van der Waals surface area contributed by atoms with Crippen molar-refractivity contribution in [2.75, 3.05) is 18.6 Å². The van der Waals surface area contributed by atoms with Crippen LogP contribution in [0.1, 0.15) is 42.9 Å². The van der Waals surface area contributed by atoms with E-state index in [1.165, 1.54) is 19.2 Å². The highest BCUT2D eigenvalue weighted by atomic mass is 19.4. The highest BCUT2D eigenvalue weighted by Gasteiger charge is 2.58. The summed E-state index contributed by atoms with van der Waals surface area (Å²) in [4.78, 5) is 27.9. The molecule has 3 aliphatic rings. The minimum Gasteiger partial charge on any atom is -0.505 e. The van der Waals surface area contributed by atoms with Crippen molar-refractivity contribution in [1.29, 1.82) is 0 Å². The molecular formula is C31H29BF7NO6. The second-order valence-corrected chi connectivity index (χ2v) is 11.8. The summed E-state index contributed by atoms with van der Waals surface area (Å²) in [6.45, 7) is 1.79. The summed E-state index contributed by atoms with van der Waals surface area (Å²) in [5, 5.41) is 20.1. The van der Waals surface area contributed by atoms with Crippen LogP contribution < -0.4 is 4.90 Å². The Morgan fingerprint density at radius 1 is 1.04 bits per heavy atom. The van der Waals surface area contributed by atoms with Gasteiger partial charge in [0.2, 0.25) is 11.8 Å². The number of hydrogen-bond acceptors (Lipinski definition) is 6. The molecule has 0 aromatic heterocycles. The lowest BCUT2D eigenvalue weighted by molar-refractivity contribution is -0.143. The summed E-state index contributed by atoms with van der Waals surface area (Å²) in [5.41, 5.74) is -1.68. The van der Waals surface area contributed by atoms with Gasteiger partial charge in [0.15, 0.2) is 11.6 Å². The van der Waals surface area contributed by atoms with Crippen molar-refractivity contribution in [3.8, 4) is 5.75 Å². The third kappa shape index (κ3) is 6.58. The van der Waals surface area contributed by atoms with Crippen LogP contribution in [0.2, 0.25) is 6.32 Å². The van der Waals surface area contributed by atoms with Crippen molar-refractivity contribution in [3.05, 3.63) is 75.6 Å². The third-order valence-electron chi connectivity index (χ3n) is 8.64. The van der Waals surface area contributed by atoms with Gasteiger partial charge in [0, 0.05) is 7.11 Å². The maximum Gasteiger partial charge on any atom is 0.455 e. The normalized spacial score (nSPS) is 24.1. The number of rotatable bonds is 7. The van der Waals surface area contributed by atoms with Crippen molar-refractivity contribution in [2.24, 2.45) is 17.8 Å². The molecule has 0 unspecified atom stereocenters. The standard InChI is InChI=1S/C31H29BF7NO6/c1-15(7-16-4-5-24(41)23(33)8-16)3-6-25-26-17(14-45-2)9-21-27(22(26)13-32(44)46-25)29(43)40(28(21)42)20-11-18(30(34,35)36)10-19(12-20)31(37,38)39/h4-5,7-8,10-12,21-22,25,27,41,44H,3,6,9,13-14H2,1-2H3/b15-7+/t21-,22+,25-,27-/m1/s1. The Hall–Kier alpha value is -3.69. The molecule has 2 heterocycles. The van der Waals surface area contributed by atoms with Gasteiger partial charge in [-0.1, -0.05) is 17.7 Å². The van der Waals surface area contributed by atoms with E-state index >= 15 is 0 Å². The number of ether oxygens (including phenoxy) is 1. The Morgan fingerprint density at radius 3 is 2.28 bits per heavy atom. The Labute approximate surface area is 259 Å². The van der Waals surface area contributed by atoms with Crippen LogP contribution in [0.25, 0.3) is 6.08 Å². The number of fused-ring (bicyclic) bond motifs is 3. The number of aromatic hydroxyl groups is 1. The molecule has 2 aromatic rings. The average Bonchev–Trinajstić information content (AvgIpc) is 3.21. The fraction of sp³-hybridized carbons (Fsp3) is 0.419. The second-order valence-electron chi connectivity index (χ2n) is 11.8. The molecule has 4 atom stereocenters. The molecule has 2 saturated heterocycles. The molecule has 0 radical (unpaired) electrons. The number of anilines is 1. The lowest BCUT2D eigenvalue weighted by atomic mass is 9.58. The molecule has 5 rings (SSSR count). The zero-order valence-corrected chi connectivity index (χ0v) is 24.6. The zero-order chi connectivity index (χ0) is 33.7. The van der Waals surface area contributed by atoms with Crippen molar-refractivity contribution >= 4 is 30.7 Å². The van der Waals surface area contributed by atoms with E-state index in [-0.39, 0.29) is 31.8 Å². The number of nitrogens with zero attached hydrogens (tertiary/aromatic N) is 1. The van der Waals surface area contributed by atoms with Gasteiger partial charge in [-0.3, -0.25) is 9.59 Å². The summed E-state index contributed by atoms with van der Waals surface area (Å²) in [6.07, 6.45) is -8.95. The van der Waals surface area contributed by atoms with Crippen LogP contribution >= 0.6 is 0 Å². The summed E-state index contributed by atoms with van der Waals surface area (Å²) in [7, 11) is 0.0280. The van der Waals surface area contributed by atoms with E-state index < -0.39 is 83.5 Å². The predicted octanol–water partition coefficient (Wildman–Crippen LogP) is 6.40. The smallest absolute Gasteiger partial charge is 0.455 e. The number of alkyl halides is 6. The van der Waals surface area contributed by atoms with Crippen LogP contribution in [0.15, 0.2) is 53.1 Å². The highest BCUT2D eigenvalue weighted by Crippen LogP contribution is 2.52. The lowest BCUT2D eigenvalue weighted by Crippen LogP contribution is -2.46. The molecule has 246 valence electrons. The number of hydrogen-bond donors (Lipinski definition) is 2. The van der Waals surface area contributed by atoms with Gasteiger partial charge < -0.3 is 19.5 Å². The van der Waals surface area contributed by atoms with Crippen LogP contribution in [0.3, 0.4) is 0 Å². The number of methoxy groups -OCH3 is 1. The van der Waals surface area contributed by atoms with Crippen LogP contribution in [0, 0.1) is 23.6 Å². The van der Waals surface area contributed by atoms with Gasteiger partial charge in [-0.2, -0.15) is 26.3 Å². The highest BCUT2D eigenvalue weighted by molar-refractivity contribution is 6.43. The molecule has 2 aliphatic heterocycles. The topological polar surface area (TPSA) is 96.3 Å². The quantitative estimate of drug-likeness (QED) is 0.155. The summed E-state index contributed by atoms with van der Waals surface area (Å²) >= 11 is 0. The number of halogens is 7. The third-order valence-corrected chi connectivity index (χ3v) is 8.64. The van der Waals surface area contributed by atoms with Gasteiger partial charge in [-0.25, -0.2) is 9.29 Å². The van der Waals surface area contributed by atoms with Gasteiger partial charge in [0.25, 0.3) is 0 Å². The van der Waals surface area contributed by atoms with E-state index in [1.54, 1.807) is 13.0 Å². The van der Waals surface area contributed by atoms with Crippen molar-refractivity contribution in [3.63, 3.8) is 0 Å². The fourth-order valence-corrected chi connectivity index (χ4v) is 6.72. The van der Waals surface area contributed by atoms with E-state index in [4.69, 9.17) is 9.39 Å². The molecule has 2 amide bonds. The molecule has 0 saturated carbocycles. The van der Waals surface area contributed by atoms with Crippen LogP contribution in [0.4, 0.5) is 36.4 Å². The Morgan fingerprint density at radius 2 is 1.70 bits per heavy atom. The molecule has 0 spiro atoms. The first-order valence-electron chi connectivity index (χ1n) is 14.4. The van der Waals surface area contributed by atoms with E-state index in [9.17, 15) is 50.5 Å². The van der Waals surface area contributed by atoms with Crippen LogP contribution in [-0.2, 0) is 31.3 Å². The van der Waals surface area contributed by atoms with Gasteiger partial charge >= 0.3 is 19.5 Å². The molecular weight excluding hydrogens is 626 g/mol. The maximum absolute atomic E-state index is 13.8. The number of phenolic OH excluding ortho intramolecular Hbond substituents is 1. The average molecular weight is 655 g/mol. The van der Waals surface area contributed by atoms with Gasteiger partial charge in [0.05, 0.1) is 41.4 Å². The Kier molecular flexibility index (Phi) is 9.14. The second kappa shape index (κ2) is 12.5. The largest absolute Gasteiger partial charge is 0.505 e. The summed E-state index contributed by atoms with van der Waals surface area (Å²) in [6, 6.07) is 4.52. The van der Waals surface area contributed by atoms with Gasteiger partial charge in [-0.05, 0) is 85.5 Å². The van der Waals surface area contributed by atoms with Crippen molar-refractivity contribution < 1.29 is 59.8 Å². The molecule has 2 fully saturated rings. The number of carbonyl (C=O) groups excluding carboxylic acids is 2. The first kappa shape index (κ1) is 33.7. The number of amides is 2. The monoisotopic (exact) mass is 655 g/mol. The van der Waals surface area contributed by atoms with E-state index in [0.29, 0.717) is 40.2 Å². The molecule has 1 aliphatic carbocycles. The van der Waals surface area contributed by atoms with Gasteiger partial charge in [-0.15, -0.1) is 0 Å². The summed E-state index contributed by atoms with van der Waals surface area (Å²) in [5.74, 6) is -6.25. The first-order valence-corrected chi connectivity index (χ1v) is 14.4. The fourth-order valence-electron chi connectivity index (χ4n) is 6.72. The van der Waals surface area contributed by atoms with Crippen LogP contribution in [-0.4, -0.2) is 48.9 Å². The summed E-state index contributed by atoms with van der Waals surface area (Å²) < 4.78 is 107. The van der Waals surface area contributed by atoms with E-state index in [1.807, 2.05) is 0 Å². The lowest BCUT2D eigenvalue weighted by Gasteiger charge is -2.43. The minimum atomic E-state index is -5.18. The number of carbonyl (C=O) groups is 2. The molecule has 15 heteroatoms. The molecule has 0 bridgehead atoms. The SMILES string of the molecule is COCC1=C2[C@@H](CC/C(C)=C/c3ccc(O)c(F)c3)OB(O)C[C@@H]2[C@@H]2C(=O)N(c3cc(C(F)(F)F)cc(C(F)(F)F)c3)C(=O)[C@@H]2C1. The minimum absolute atomic E-state index is 0.00979. The maximum atomic E-state index is 13.8. The number of imide groups is 1. The molecule has 2 N–H and O–H groups in total. The molecule has 2 aromatic carbocycles.